The predicted octanol–water partition coefficient (Wildman–Crippen LogP) is 4.56. The summed E-state index contributed by atoms with van der Waals surface area (Å²) >= 11 is 12.1. The summed E-state index contributed by atoms with van der Waals surface area (Å²) in [6.45, 7) is 5.40. The lowest BCUT2D eigenvalue weighted by atomic mass is 10.0. The van der Waals surface area contributed by atoms with Gasteiger partial charge in [-0.1, -0.05) is 36.2 Å². The van der Waals surface area contributed by atoms with Crippen molar-refractivity contribution in [2.45, 2.75) is 45.1 Å². The lowest BCUT2D eigenvalue weighted by Crippen LogP contribution is -2.46. The van der Waals surface area contributed by atoms with E-state index in [9.17, 15) is 4.79 Å². The number of carbonyl (C=O) groups is 1. The monoisotopic (exact) mass is 408 g/mol. The van der Waals surface area contributed by atoms with Gasteiger partial charge in [-0.3, -0.25) is 4.79 Å². The molecular formula is C18H27Cl3N2O2. The van der Waals surface area contributed by atoms with Crippen molar-refractivity contribution >= 4 is 41.5 Å². The Balaban J connectivity index is 0.00000312. The molecule has 0 spiro atoms. The molecule has 1 aromatic rings. The van der Waals surface area contributed by atoms with Crippen LogP contribution >= 0.6 is 35.6 Å². The number of hydrogen-bond acceptors (Lipinski definition) is 3. The van der Waals surface area contributed by atoms with Crippen LogP contribution in [0.2, 0.25) is 10.0 Å². The third-order valence-electron chi connectivity index (χ3n) is 4.24. The first kappa shape index (κ1) is 22.4. The van der Waals surface area contributed by atoms with Crippen LogP contribution in [-0.4, -0.2) is 43.1 Å². The Morgan fingerprint density at radius 1 is 1.32 bits per heavy atom. The summed E-state index contributed by atoms with van der Waals surface area (Å²) in [6.07, 6.45) is 4.25. The van der Waals surface area contributed by atoms with Crippen molar-refractivity contribution in [1.29, 1.82) is 0 Å². The van der Waals surface area contributed by atoms with Crippen molar-refractivity contribution in [2.75, 3.05) is 26.2 Å². The van der Waals surface area contributed by atoms with Gasteiger partial charge in [-0.25, -0.2) is 0 Å². The number of halogens is 3. The van der Waals surface area contributed by atoms with E-state index < -0.39 is 0 Å². The molecule has 0 saturated carbocycles. The highest BCUT2D eigenvalue weighted by Crippen LogP contribution is 2.31. The Bertz CT molecular complexity index is 537. The first-order chi connectivity index (χ1) is 11.6. The normalized spacial score (nSPS) is 14.7. The SMILES string of the molecule is CCCN(C(=O)CCCOc1cccc(Cl)c1Cl)C1CCNCC1.Cl. The molecule has 0 atom stereocenters. The number of carbonyl (C=O) groups excluding carboxylic acids is 1. The average molecular weight is 410 g/mol. The van der Waals surface area contributed by atoms with E-state index in [1.54, 1.807) is 18.2 Å². The van der Waals surface area contributed by atoms with E-state index in [1.165, 1.54) is 0 Å². The molecule has 7 heteroatoms. The molecule has 1 saturated heterocycles. The summed E-state index contributed by atoms with van der Waals surface area (Å²) in [5, 5.41) is 4.25. The molecule has 1 fully saturated rings. The van der Waals surface area contributed by atoms with Crippen molar-refractivity contribution < 1.29 is 9.53 Å². The first-order valence-corrected chi connectivity index (χ1v) is 9.46. The quantitative estimate of drug-likeness (QED) is 0.640. The number of amides is 1. The predicted molar refractivity (Wildman–Crippen MR) is 106 cm³/mol. The van der Waals surface area contributed by atoms with E-state index in [0.29, 0.717) is 41.3 Å². The molecule has 0 aromatic heterocycles. The molecule has 142 valence electrons. The van der Waals surface area contributed by atoms with E-state index in [4.69, 9.17) is 27.9 Å². The van der Waals surface area contributed by atoms with Crippen LogP contribution in [0, 0.1) is 0 Å². The van der Waals surface area contributed by atoms with Gasteiger partial charge in [0.1, 0.15) is 10.8 Å². The first-order valence-electron chi connectivity index (χ1n) is 8.70. The van der Waals surface area contributed by atoms with Gasteiger partial charge in [0, 0.05) is 19.0 Å². The minimum absolute atomic E-state index is 0. The highest BCUT2D eigenvalue weighted by molar-refractivity contribution is 6.42. The van der Waals surface area contributed by atoms with Crippen LogP contribution in [-0.2, 0) is 4.79 Å². The largest absolute Gasteiger partial charge is 0.492 e. The van der Waals surface area contributed by atoms with Gasteiger partial charge < -0.3 is 15.0 Å². The molecule has 0 bridgehead atoms. The summed E-state index contributed by atoms with van der Waals surface area (Å²) in [7, 11) is 0. The fourth-order valence-corrected chi connectivity index (χ4v) is 3.36. The summed E-state index contributed by atoms with van der Waals surface area (Å²) in [4.78, 5) is 14.6. The molecule has 1 aliphatic heterocycles. The zero-order valence-electron chi connectivity index (χ0n) is 14.6. The van der Waals surface area contributed by atoms with Crippen molar-refractivity contribution in [3.05, 3.63) is 28.2 Å². The molecule has 0 aliphatic carbocycles. The van der Waals surface area contributed by atoms with Crippen molar-refractivity contribution in [1.82, 2.24) is 10.2 Å². The third-order valence-corrected chi connectivity index (χ3v) is 5.04. The van der Waals surface area contributed by atoms with Crippen molar-refractivity contribution in [2.24, 2.45) is 0 Å². The molecule has 1 heterocycles. The van der Waals surface area contributed by atoms with Gasteiger partial charge in [0.05, 0.1) is 11.6 Å². The molecule has 1 aromatic carbocycles. The second kappa shape index (κ2) is 11.8. The van der Waals surface area contributed by atoms with Crippen molar-refractivity contribution in [3.63, 3.8) is 0 Å². The van der Waals surface area contributed by atoms with E-state index in [0.717, 1.165) is 38.9 Å². The Morgan fingerprint density at radius 2 is 2.04 bits per heavy atom. The number of hydrogen-bond donors (Lipinski definition) is 1. The number of nitrogens with one attached hydrogen (secondary N) is 1. The maximum atomic E-state index is 12.6. The lowest BCUT2D eigenvalue weighted by Gasteiger charge is -2.34. The zero-order valence-corrected chi connectivity index (χ0v) is 16.9. The van der Waals surface area contributed by atoms with Gasteiger partial charge in [-0.2, -0.15) is 0 Å². The molecule has 1 aliphatic rings. The maximum absolute atomic E-state index is 12.6. The van der Waals surface area contributed by atoms with Crippen LogP contribution < -0.4 is 10.1 Å². The van der Waals surface area contributed by atoms with Crippen LogP contribution in [0.1, 0.15) is 39.0 Å². The minimum atomic E-state index is 0. The van der Waals surface area contributed by atoms with Gasteiger partial charge in [0.25, 0.3) is 0 Å². The summed E-state index contributed by atoms with van der Waals surface area (Å²) < 4.78 is 5.66. The fourth-order valence-electron chi connectivity index (χ4n) is 3.01. The second-order valence-electron chi connectivity index (χ2n) is 6.07. The van der Waals surface area contributed by atoms with E-state index in [1.807, 2.05) is 0 Å². The number of nitrogens with zero attached hydrogens (tertiary/aromatic N) is 1. The van der Waals surface area contributed by atoms with Crippen molar-refractivity contribution in [3.8, 4) is 5.75 Å². The Hall–Kier alpha value is -0.680. The molecule has 0 radical (unpaired) electrons. The Morgan fingerprint density at radius 3 is 2.72 bits per heavy atom. The average Bonchev–Trinajstić information content (AvgIpc) is 2.60. The van der Waals surface area contributed by atoms with E-state index in [-0.39, 0.29) is 18.3 Å². The summed E-state index contributed by atoms with van der Waals surface area (Å²) in [6, 6.07) is 5.69. The van der Waals surface area contributed by atoms with Crippen LogP contribution in [0.4, 0.5) is 0 Å². The molecule has 0 unspecified atom stereocenters. The molecule has 1 N–H and O–H groups in total. The maximum Gasteiger partial charge on any atom is 0.222 e. The number of rotatable bonds is 8. The van der Waals surface area contributed by atoms with Gasteiger partial charge in [-0.15, -0.1) is 12.4 Å². The van der Waals surface area contributed by atoms with Crippen LogP contribution in [0.3, 0.4) is 0 Å². The van der Waals surface area contributed by atoms with Crippen LogP contribution in [0.5, 0.6) is 5.75 Å². The number of benzene rings is 1. The lowest BCUT2D eigenvalue weighted by molar-refractivity contribution is -0.134. The highest BCUT2D eigenvalue weighted by Gasteiger charge is 2.24. The zero-order chi connectivity index (χ0) is 17.4. The number of ether oxygens (including phenoxy) is 1. The summed E-state index contributed by atoms with van der Waals surface area (Å²) in [5.74, 6) is 0.796. The van der Waals surface area contributed by atoms with Gasteiger partial charge >= 0.3 is 0 Å². The van der Waals surface area contributed by atoms with Gasteiger partial charge in [0.15, 0.2) is 0 Å². The topological polar surface area (TPSA) is 41.6 Å². The minimum Gasteiger partial charge on any atom is -0.492 e. The Labute approximate surface area is 166 Å². The van der Waals surface area contributed by atoms with Crippen LogP contribution in [0.25, 0.3) is 0 Å². The van der Waals surface area contributed by atoms with Gasteiger partial charge in [0.2, 0.25) is 5.91 Å². The Kier molecular flexibility index (Phi) is 10.6. The highest BCUT2D eigenvalue weighted by atomic mass is 35.5. The van der Waals surface area contributed by atoms with Gasteiger partial charge in [-0.05, 0) is 50.9 Å². The second-order valence-corrected chi connectivity index (χ2v) is 6.86. The number of piperidine rings is 1. The fraction of sp³-hybridized carbons (Fsp3) is 0.611. The standard InChI is InChI=1S/C18H26Cl2N2O2.ClH/c1-2-12-22(14-8-10-21-11-9-14)17(23)7-4-13-24-16-6-3-5-15(19)18(16)20;/h3,5-6,14,21H,2,4,7-13H2,1H3;1H. The summed E-state index contributed by atoms with van der Waals surface area (Å²) in [5.41, 5.74) is 0. The van der Waals surface area contributed by atoms with Crippen LogP contribution in [0.15, 0.2) is 18.2 Å². The molecule has 4 nitrogen and oxygen atoms in total. The molecule has 1 amide bonds. The molecule has 25 heavy (non-hydrogen) atoms. The molecule has 2 rings (SSSR count). The van der Waals surface area contributed by atoms with E-state index >= 15 is 0 Å². The third kappa shape index (κ3) is 6.86. The van der Waals surface area contributed by atoms with E-state index in [2.05, 4.69) is 17.1 Å². The smallest absolute Gasteiger partial charge is 0.222 e. The molecular weight excluding hydrogens is 383 g/mol.